The molecule has 0 saturated heterocycles. The number of amides is 4. The Bertz CT molecular complexity index is 1200. The van der Waals surface area contributed by atoms with Crippen LogP contribution in [0.5, 0.6) is 0 Å². The van der Waals surface area contributed by atoms with Gasteiger partial charge in [-0.2, -0.15) is 0 Å². The Balaban J connectivity index is 1.66. The molecule has 9 nitrogen and oxygen atoms in total. The van der Waals surface area contributed by atoms with Gasteiger partial charge in [-0.25, -0.2) is 4.79 Å². The number of likely N-dealkylation sites (N-methyl/N-ethyl adjacent to an activating group) is 1. The van der Waals surface area contributed by atoms with Crippen molar-refractivity contribution in [3.63, 3.8) is 0 Å². The molecule has 0 aliphatic heterocycles. The lowest BCUT2D eigenvalue weighted by Crippen LogP contribution is -2.46. The van der Waals surface area contributed by atoms with Crippen molar-refractivity contribution in [2.45, 2.75) is 6.92 Å². The molecular formula is C26H27N5O4. The van der Waals surface area contributed by atoms with Crippen molar-refractivity contribution >= 4 is 40.6 Å². The van der Waals surface area contributed by atoms with Gasteiger partial charge in [0.15, 0.2) is 0 Å². The lowest BCUT2D eigenvalue weighted by molar-refractivity contribution is -0.121. The van der Waals surface area contributed by atoms with Crippen LogP contribution in [-0.2, 0) is 9.59 Å². The Hall–Kier alpha value is -4.66. The van der Waals surface area contributed by atoms with Gasteiger partial charge in [0.05, 0.1) is 12.3 Å². The number of nitrogens with zero attached hydrogens (tertiary/aromatic N) is 3. The van der Waals surface area contributed by atoms with Crippen molar-refractivity contribution in [1.29, 1.82) is 0 Å². The molecule has 0 saturated carbocycles. The normalized spacial score (nSPS) is 10.9. The van der Waals surface area contributed by atoms with Gasteiger partial charge < -0.3 is 25.6 Å². The predicted octanol–water partition coefficient (Wildman–Crippen LogP) is 3.70. The molecule has 3 rings (SSSR count). The number of oxime groups is 1. The standard InChI is InChI=1S/C26H27N5O4/c1-19(29-35)20-10-9-11-21(16-20)28-26(34)27-17-24(32)31(23-14-7-4-8-15-23)18-25(33)30(2)22-12-5-3-6-13-22/h3-16,35H,17-18H2,1-2H3,(H2,27,28,34)/b29-19+. The summed E-state index contributed by atoms with van der Waals surface area (Å²) in [6.07, 6.45) is 0. The van der Waals surface area contributed by atoms with Crippen LogP contribution >= 0.6 is 0 Å². The van der Waals surface area contributed by atoms with Gasteiger partial charge in [-0.1, -0.05) is 53.7 Å². The van der Waals surface area contributed by atoms with Crippen molar-refractivity contribution in [3.05, 3.63) is 90.5 Å². The number of hydrogen-bond acceptors (Lipinski definition) is 5. The maximum atomic E-state index is 13.0. The minimum Gasteiger partial charge on any atom is -0.411 e. The number of carbonyl (C=O) groups is 3. The summed E-state index contributed by atoms with van der Waals surface area (Å²) in [5.41, 5.74) is 2.75. The molecule has 0 spiro atoms. The summed E-state index contributed by atoms with van der Waals surface area (Å²) in [6, 6.07) is 24.1. The average Bonchev–Trinajstić information content (AvgIpc) is 2.90. The molecule has 0 heterocycles. The number of rotatable bonds is 8. The van der Waals surface area contributed by atoms with Crippen molar-refractivity contribution in [1.82, 2.24) is 5.32 Å². The van der Waals surface area contributed by atoms with Gasteiger partial charge in [0, 0.05) is 29.7 Å². The molecule has 3 aromatic rings. The summed E-state index contributed by atoms with van der Waals surface area (Å²) < 4.78 is 0. The third kappa shape index (κ3) is 6.91. The van der Waals surface area contributed by atoms with Crippen LogP contribution in [0, 0.1) is 0 Å². The molecule has 0 aliphatic rings. The Labute approximate surface area is 203 Å². The second-order valence-corrected chi connectivity index (χ2v) is 7.68. The van der Waals surface area contributed by atoms with Crippen LogP contribution in [0.3, 0.4) is 0 Å². The minimum atomic E-state index is -0.588. The summed E-state index contributed by atoms with van der Waals surface area (Å²) >= 11 is 0. The van der Waals surface area contributed by atoms with Crippen LogP contribution in [0.25, 0.3) is 0 Å². The van der Waals surface area contributed by atoms with E-state index in [4.69, 9.17) is 5.21 Å². The highest BCUT2D eigenvalue weighted by Crippen LogP contribution is 2.16. The molecule has 0 unspecified atom stereocenters. The fourth-order valence-corrected chi connectivity index (χ4v) is 3.27. The summed E-state index contributed by atoms with van der Waals surface area (Å²) in [6.45, 7) is 1.12. The number of benzene rings is 3. The van der Waals surface area contributed by atoms with E-state index in [9.17, 15) is 14.4 Å². The first-order valence-corrected chi connectivity index (χ1v) is 10.9. The molecule has 0 atom stereocenters. The topological polar surface area (TPSA) is 114 Å². The summed E-state index contributed by atoms with van der Waals surface area (Å²) in [5, 5.41) is 17.3. The van der Waals surface area contributed by atoms with Crippen LogP contribution < -0.4 is 20.4 Å². The van der Waals surface area contributed by atoms with E-state index in [1.54, 1.807) is 74.6 Å². The van der Waals surface area contributed by atoms with E-state index in [1.165, 1.54) is 9.80 Å². The smallest absolute Gasteiger partial charge is 0.319 e. The van der Waals surface area contributed by atoms with Crippen LogP contribution in [-0.4, -0.2) is 48.9 Å². The van der Waals surface area contributed by atoms with E-state index in [0.29, 0.717) is 28.3 Å². The minimum absolute atomic E-state index is 0.195. The zero-order valence-corrected chi connectivity index (χ0v) is 19.5. The maximum absolute atomic E-state index is 13.0. The molecule has 4 amide bonds. The van der Waals surface area contributed by atoms with Gasteiger partial charge in [0.2, 0.25) is 11.8 Å². The van der Waals surface area contributed by atoms with Crippen molar-refractivity contribution in [2.75, 3.05) is 35.3 Å². The highest BCUT2D eigenvalue weighted by atomic mass is 16.4. The Morgan fingerprint density at radius 1 is 0.857 bits per heavy atom. The van der Waals surface area contributed by atoms with E-state index >= 15 is 0 Å². The number of hydrogen-bond donors (Lipinski definition) is 3. The van der Waals surface area contributed by atoms with Crippen molar-refractivity contribution < 1.29 is 19.6 Å². The zero-order chi connectivity index (χ0) is 25.2. The monoisotopic (exact) mass is 473 g/mol. The lowest BCUT2D eigenvalue weighted by Gasteiger charge is -2.25. The number of para-hydroxylation sites is 2. The molecule has 0 aromatic heterocycles. The molecule has 180 valence electrons. The number of anilines is 3. The zero-order valence-electron chi connectivity index (χ0n) is 19.5. The van der Waals surface area contributed by atoms with Gasteiger partial charge >= 0.3 is 6.03 Å². The number of carbonyl (C=O) groups excluding carboxylic acids is 3. The predicted molar refractivity (Wildman–Crippen MR) is 136 cm³/mol. The second kappa shape index (κ2) is 12.0. The fourth-order valence-electron chi connectivity index (χ4n) is 3.27. The fraction of sp³-hybridized carbons (Fsp3) is 0.154. The highest BCUT2D eigenvalue weighted by molar-refractivity contribution is 6.05. The second-order valence-electron chi connectivity index (χ2n) is 7.68. The van der Waals surface area contributed by atoms with Crippen LogP contribution in [0.2, 0.25) is 0 Å². The summed E-state index contributed by atoms with van der Waals surface area (Å²) in [7, 11) is 1.65. The molecule has 3 N–H and O–H groups in total. The molecular weight excluding hydrogens is 446 g/mol. The van der Waals surface area contributed by atoms with Crippen molar-refractivity contribution in [2.24, 2.45) is 5.16 Å². The third-order valence-corrected chi connectivity index (χ3v) is 5.27. The van der Waals surface area contributed by atoms with E-state index < -0.39 is 11.9 Å². The first kappa shape index (κ1) is 25.0. The van der Waals surface area contributed by atoms with E-state index in [1.807, 2.05) is 24.3 Å². The Morgan fingerprint density at radius 3 is 2.11 bits per heavy atom. The SMILES string of the molecule is C/C(=N\O)c1cccc(NC(=O)NCC(=O)N(CC(=O)N(C)c2ccccc2)c2ccccc2)c1. The molecule has 9 heteroatoms. The maximum Gasteiger partial charge on any atom is 0.319 e. The van der Waals surface area contributed by atoms with Gasteiger partial charge in [0.25, 0.3) is 0 Å². The molecule has 0 aliphatic carbocycles. The van der Waals surface area contributed by atoms with Gasteiger partial charge in [-0.05, 0) is 43.3 Å². The van der Waals surface area contributed by atoms with Gasteiger partial charge in [0.1, 0.15) is 6.54 Å². The third-order valence-electron chi connectivity index (χ3n) is 5.27. The van der Waals surface area contributed by atoms with E-state index in [2.05, 4.69) is 15.8 Å². The average molecular weight is 474 g/mol. The summed E-state index contributed by atoms with van der Waals surface area (Å²) in [5.74, 6) is -0.728. The number of nitrogens with one attached hydrogen (secondary N) is 2. The van der Waals surface area contributed by atoms with Gasteiger partial charge in [-0.3, -0.25) is 9.59 Å². The van der Waals surface area contributed by atoms with Crippen LogP contribution in [0.4, 0.5) is 21.9 Å². The molecule has 3 aromatic carbocycles. The summed E-state index contributed by atoms with van der Waals surface area (Å²) in [4.78, 5) is 41.2. The van der Waals surface area contributed by atoms with Crippen LogP contribution in [0.15, 0.2) is 90.1 Å². The highest BCUT2D eigenvalue weighted by Gasteiger charge is 2.22. The van der Waals surface area contributed by atoms with E-state index in [0.717, 1.165) is 0 Å². The largest absolute Gasteiger partial charge is 0.411 e. The number of urea groups is 1. The first-order valence-electron chi connectivity index (χ1n) is 10.9. The Morgan fingerprint density at radius 2 is 1.49 bits per heavy atom. The Kier molecular flexibility index (Phi) is 8.55. The molecule has 0 bridgehead atoms. The van der Waals surface area contributed by atoms with Crippen molar-refractivity contribution in [3.8, 4) is 0 Å². The quantitative estimate of drug-likeness (QED) is 0.263. The van der Waals surface area contributed by atoms with Gasteiger partial charge in [-0.15, -0.1) is 0 Å². The first-order chi connectivity index (χ1) is 16.9. The lowest BCUT2D eigenvalue weighted by atomic mass is 10.1. The molecule has 0 radical (unpaired) electrons. The van der Waals surface area contributed by atoms with Crippen LogP contribution in [0.1, 0.15) is 12.5 Å². The van der Waals surface area contributed by atoms with E-state index in [-0.39, 0.29) is 19.0 Å². The molecule has 35 heavy (non-hydrogen) atoms. The molecule has 0 fully saturated rings.